The average Bonchev–Trinajstić information content (AvgIpc) is 2.91. The summed E-state index contributed by atoms with van der Waals surface area (Å²) in [5.74, 6) is 1.37. The molecule has 2 aromatic rings. The van der Waals surface area contributed by atoms with Crippen molar-refractivity contribution >= 4 is 17.6 Å². The molecule has 3 atom stereocenters. The van der Waals surface area contributed by atoms with E-state index >= 15 is 0 Å². The van der Waals surface area contributed by atoms with E-state index in [9.17, 15) is 14.7 Å². The molecule has 9 nitrogen and oxygen atoms in total. The number of rotatable bonds is 9. The molecule has 2 aromatic carbocycles. The Hall–Kier alpha value is -3.30. The molecule has 1 aliphatic heterocycles. The number of anilines is 1. The molecule has 0 bridgehead atoms. The molecule has 0 aromatic heterocycles. The lowest BCUT2D eigenvalue weighted by Crippen LogP contribution is -2.47. The molecule has 0 saturated carbocycles. The number of aliphatic hydroxyl groups is 1. The molecule has 1 heterocycles. The average molecular weight is 527 g/mol. The molecule has 0 radical (unpaired) electrons. The summed E-state index contributed by atoms with van der Waals surface area (Å²) in [6.07, 6.45) is -0.0957. The topological polar surface area (TPSA) is 103 Å². The number of aliphatic hydroxyl groups excluding tert-OH is 1. The van der Waals surface area contributed by atoms with E-state index in [1.165, 1.54) is 0 Å². The highest BCUT2D eigenvalue weighted by molar-refractivity contribution is 5.90. The fourth-order valence-corrected chi connectivity index (χ4v) is 4.57. The molecule has 3 amide bonds. The zero-order chi connectivity index (χ0) is 27.8. The van der Waals surface area contributed by atoms with Gasteiger partial charge in [-0.15, -0.1) is 0 Å². The van der Waals surface area contributed by atoms with Crippen LogP contribution in [0.5, 0.6) is 11.5 Å². The van der Waals surface area contributed by atoms with Crippen molar-refractivity contribution in [3.63, 3.8) is 0 Å². The first-order valence-electron chi connectivity index (χ1n) is 13.2. The smallest absolute Gasteiger partial charge is 0.319 e. The molecule has 3 N–H and O–H groups in total. The van der Waals surface area contributed by atoms with Crippen molar-refractivity contribution in [2.75, 3.05) is 39.2 Å². The third-order valence-corrected chi connectivity index (χ3v) is 6.70. The Balaban J connectivity index is 1.85. The maximum Gasteiger partial charge on any atom is 0.319 e. The first-order chi connectivity index (χ1) is 18.1. The molecule has 208 valence electrons. The van der Waals surface area contributed by atoms with Crippen LogP contribution in [-0.2, 0) is 17.8 Å². The first-order valence-corrected chi connectivity index (χ1v) is 13.2. The second-order valence-electron chi connectivity index (χ2n) is 10.5. The van der Waals surface area contributed by atoms with E-state index in [0.29, 0.717) is 30.1 Å². The minimum atomic E-state index is -0.317. The van der Waals surface area contributed by atoms with Gasteiger partial charge < -0.3 is 30.1 Å². The van der Waals surface area contributed by atoms with Crippen LogP contribution in [0, 0.1) is 5.92 Å². The van der Waals surface area contributed by atoms with Crippen LogP contribution in [-0.4, -0.2) is 78.9 Å². The van der Waals surface area contributed by atoms with Crippen molar-refractivity contribution in [3.05, 3.63) is 53.6 Å². The van der Waals surface area contributed by atoms with Crippen molar-refractivity contribution in [2.45, 2.75) is 58.8 Å². The number of ether oxygens (including phenoxy) is 2. The van der Waals surface area contributed by atoms with Crippen molar-refractivity contribution < 1.29 is 24.2 Å². The van der Waals surface area contributed by atoms with Gasteiger partial charge in [0.2, 0.25) is 5.91 Å². The summed E-state index contributed by atoms with van der Waals surface area (Å²) in [5.41, 5.74) is 2.44. The summed E-state index contributed by atoms with van der Waals surface area (Å²) in [5, 5.41) is 15.5. The number of hydrogen-bond donors (Lipinski definition) is 3. The summed E-state index contributed by atoms with van der Waals surface area (Å²) in [6.45, 7) is 9.42. The number of methoxy groups -OCH3 is 1. The zero-order valence-corrected chi connectivity index (χ0v) is 23.4. The highest BCUT2D eigenvalue weighted by Crippen LogP contribution is 2.29. The number of fused-ring (bicyclic) bond motifs is 1. The van der Waals surface area contributed by atoms with Crippen LogP contribution < -0.4 is 20.1 Å². The Bertz CT molecular complexity index is 1080. The van der Waals surface area contributed by atoms with Gasteiger partial charge in [0.15, 0.2) is 0 Å². The van der Waals surface area contributed by atoms with Crippen LogP contribution in [0.4, 0.5) is 10.5 Å². The number of amides is 3. The van der Waals surface area contributed by atoms with Gasteiger partial charge in [0, 0.05) is 42.8 Å². The highest BCUT2D eigenvalue weighted by atomic mass is 16.5. The van der Waals surface area contributed by atoms with E-state index < -0.39 is 0 Å². The monoisotopic (exact) mass is 526 g/mol. The zero-order valence-electron chi connectivity index (χ0n) is 23.4. The van der Waals surface area contributed by atoms with Gasteiger partial charge in [0.25, 0.3) is 0 Å². The Morgan fingerprint density at radius 2 is 1.92 bits per heavy atom. The standard InChI is InChI=1S/C29H42N4O5/c1-19(2)30-29(36)31-24-9-12-26-23(13-24)14-28(35)33(21(4)18-34)15-20(3)27(38-26)17-32(5)16-22-7-10-25(37-6)11-8-22/h7-13,19-21,27,34H,14-18H2,1-6H3,(H2,30,31,36)/t20-,21+,27-/m0/s1. The number of urea groups is 1. The summed E-state index contributed by atoms with van der Waals surface area (Å²) in [4.78, 5) is 29.6. The molecular weight excluding hydrogens is 484 g/mol. The number of benzene rings is 2. The molecule has 38 heavy (non-hydrogen) atoms. The van der Waals surface area contributed by atoms with Crippen LogP contribution in [0.2, 0.25) is 0 Å². The number of likely N-dealkylation sites (N-methyl/N-ethyl adjacent to an activating group) is 1. The fourth-order valence-electron chi connectivity index (χ4n) is 4.57. The third-order valence-electron chi connectivity index (χ3n) is 6.70. The summed E-state index contributed by atoms with van der Waals surface area (Å²) in [6, 6.07) is 12.8. The molecule has 0 unspecified atom stereocenters. The minimum Gasteiger partial charge on any atom is -0.497 e. The quantitative estimate of drug-likeness (QED) is 0.462. The van der Waals surface area contributed by atoms with E-state index in [0.717, 1.165) is 17.9 Å². The maximum absolute atomic E-state index is 13.4. The number of hydrogen-bond acceptors (Lipinski definition) is 6. The molecular formula is C29H42N4O5. The molecule has 1 aliphatic rings. The van der Waals surface area contributed by atoms with Crippen LogP contribution in [0.15, 0.2) is 42.5 Å². The van der Waals surface area contributed by atoms with Gasteiger partial charge >= 0.3 is 6.03 Å². The van der Waals surface area contributed by atoms with Crippen LogP contribution in [0.1, 0.15) is 38.8 Å². The lowest BCUT2D eigenvalue weighted by Gasteiger charge is -2.34. The van der Waals surface area contributed by atoms with E-state index in [2.05, 4.69) is 22.5 Å². The van der Waals surface area contributed by atoms with Gasteiger partial charge in [-0.2, -0.15) is 0 Å². The Morgan fingerprint density at radius 1 is 1.21 bits per heavy atom. The van der Waals surface area contributed by atoms with Gasteiger partial charge in [0.05, 0.1) is 26.2 Å². The molecule has 3 rings (SSSR count). The Labute approximate surface area is 226 Å². The molecule has 0 aliphatic carbocycles. The van der Waals surface area contributed by atoms with Crippen LogP contribution >= 0.6 is 0 Å². The molecule has 0 spiro atoms. The number of carbonyl (C=O) groups excluding carboxylic acids is 2. The van der Waals surface area contributed by atoms with Crippen molar-refractivity contribution in [1.29, 1.82) is 0 Å². The second-order valence-corrected chi connectivity index (χ2v) is 10.5. The number of carbonyl (C=O) groups is 2. The lowest BCUT2D eigenvalue weighted by molar-refractivity contribution is -0.134. The van der Waals surface area contributed by atoms with Gasteiger partial charge in [0.1, 0.15) is 17.6 Å². The molecule has 9 heteroatoms. The fraction of sp³-hybridized carbons (Fsp3) is 0.517. The lowest BCUT2D eigenvalue weighted by atomic mass is 10.0. The number of nitrogens with one attached hydrogen (secondary N) is 2. The van der Waals surface area contributed by atoms with Crippen molar-refractivity contribution in [1.82, 2.24) is 15.1 Å². The molecule has 0 saturated heterocycles. The second kappa shape index (κ2) is 13.5. The van der Waals surface area contributed by atoms with Gasteiger partial charge in [-0.05, 0) is 63.7 Å². The minimum absolute atomic E-state index is 0.00144. The first kappa shape index (κ1) is 29.3. The highest BCUT2D eigenvalue weighted by Gasteiger charge is 2.31. The summed E-state index contributed by atoms with van der Waals surface area (Å²) in [7, 11) is 3.70. The van der Waals surface area contributed by atoms with Crippen molar-refractivity contribution in [3.8, 4) is 11.5 Å². The van der Waals surface area contributed by atoms with Gasteiger partial charge in [-0.3, -0.25) is 9.69 Å². The Kier molecular flexibility index (Phi) is 10.4. The van der Waals surface area contributed by atoms with E-state index in [1.807, 2.05) is 58.2 Å². The van der Waals surface area contributed by atoms with E-state index in [1.54, 1.807) is 24.1 Å². The SMILES string of the molecule is COc1ccc(CN(C)C[C@@H]2Oc3ccc(NC(=O)NC(C)C)cc3CC(=O)N([C@H](C)CO)C[C@@H]2C)cc1. The maximum atomic E-state index is 13.4. The van der Waals surface area contributed by atoms with E-state index in [-0.39, 0.29) is 49.1 Å². The van der Waals surface area contributed by atoms with Crippen LogP contribution in [0.3, 0.4) is 0 Å². The predicted molar refractivity (Wildman–Crippen MR) is 149 cm³/mol. The normalized spacial score (nSPS) is 18.7. The number of nitrogens with zero attached hydrogens (tertiary/aromatic N) is 2. The van der Waals surface area contributed by atoms with Crippen LogP contribution in [0.25, 0.3) is 0 Å². The molecule has 0 fully saturated rings. The largest absolute Gasteiger partial charge is 0.497 e. The predicted octanol–water partition coefficient (Wildman–Crippen LogP) is 3.51. The third kappa shape index (κ3) is 8.10. The van der Waals surface area contributed by atoms with E-state index in [4.69, 9.17) is 9.47 Å². The Morgan fingerprint density at radius 3 is 2.55 bits per heavy atom. The summed E-state index contributed by atoms with van der Waals surface area (Å²) < 4.78 is 11.8. The summed E-state index contributed by atoms with van der Waals surface area (Å²) >= 11 is 0. The van der Waals surface area contributed by atoms with Gasteiger partial charge in [-0.1, -0.05) is 19.1 Å². The van der Waals surface area contributed by atoms with Gasteiger partial charge in [-0.25, -0.2) is 4.79 Å². The van der Waals surface area contributed by atoms with Crippen molar-refractivity contribution in [2.24, 2.45) is 5.92 Å².